The van der Waals surface area contributed by atoms with Crippen LogP contribution in [0.25, 0.3) is 5.65 Å². The van der Waals surface area contributed by atoms with E-state index in [1.165, 1.54) is 5.56 Å². The van der Waals surface area contributed by atoms with Gasteiger partial charge in [0.15, 0.2) is 5.65 Å². The maximum Gasteiger partial charge on any atom is 0.227 e. The normalized spacial score (nSPS) is 26.8. The van der Waals surface area contributed by atoms with Gasteiger partial charge in [0.05, 0.1) is 11.6 Å². The molecule has 6 heteroatoms. The number of amides is 1. The van der Waals surface area contributed by atoms with Crippen molar-refractivity contribution < 1.29 is 4.79 Å². The molecule has 2 aliphatic rings. The average molecular weight is 375 g/mol. The molecular weight excluding hydrogens is 350 g/mol. The molecule has 1 N–H and O–H groups in total. The third-order valence-corrected chi connectivity index (χ3v) is 6.63. The highest BCUT2D eigenvalue weighted by Gasteiger charge is 2.59. The minimum Gasteiger partial charge on any atom is -0.359 e. The molecule has 2 bridgehead atoms. The van der Waals surface area contributed by atoms with Crippen LogP contribution in [0.15, 0.2) is 55.0 Å². The highest BCUT2D eigenvalue weighted by molar-refractivity contribution is 5.84. The summed E-state index contributed by atoms with van der Waals surface area (Å²) >= 11 is 0. The van der Waals surface area contributed by atoms with Crippen molar-refractivity contribution >= 4 is 11.6 Å². The number of benzene rings is 1. The molecule has 28 heavy (non-hydrogen) atoms. The third kappa shape index (κ3) is 2.63. The van der Waals surface area contributed by atoms with Gasteiger partial charge in [0.1, 0.15) is 0 Å². The van der Waals surface area contributed by atoms with Gasteiger partial charge in [-0.3, -0.25) is 9.69 Å². The second-order valence-electron chi connectivity index (χ2n) is 8.08. The van der Waals surface area contributed by atoms with Crippen LogP contribution in [0, 0.1) is 5.41 Å². The van der Waals surface area contributed by atoms with Gasteiger partial charge in [-0.1, -0.05) is 30.3 Å². The van der Waals surface area contributed by atoms with Gasteiger partial charge in [-0.15, -0.1) is 0 Å². The molecule has 2 aliphatic heterocycles. The van der Waals surface area contributed by atoms with E-state index in [0.717, 1.165) is 43.4 Å². The molecule has 0 unspecified atom stereocenters. The Bertz CT molecular complexity index is 1000. The lowest BCUT2D eigenvalue weighted by Gasteiger charge is -2.36. The zero-order valence-electron chi connectivity index (χ0n) is 16.1. The zero-order valence-corrected chi connectivity index (χ0v) is 16.1. The van der Waals surface area contributed by atoms with E-state index in [2.05, 4.69) is 44.6 Å². The Morgan fingerprint density at radius 2 is 2.11 bits per heavy atom. The number of hydrogen-bond donors (Lipinski definition) is 1. The molecule has 4 heterocycles. The van der Waals surface area contributed by atoms with Gasteiger partial charge in [0.25, 0.3) is 0 Å². The second kappa shape index (κ2) is 6.71. The molecule has 1 aromatic carbocycles. The summed E-state index contributed by atoms with van der Waals surface area (Å²) in [6.07, 6.45) is 9.58. The lowest BCUT2D eigenvalue weighted by atomic mass is 9.69. The molecule has 3 atom stereocenters. The summed E-state index contributed by atoms with van der Waals surface area (Å²) in [5, 5.41) is 7.40. The summed E-state index contributed by atoms with van der Waals surface area (Å²) in [5.41, 5.74) is 2.90. The van der Waals surface area contributed by atoms with Crippen LogP contribution in [-0.2, 0) is 17.8 Å². The Balaban J connectivity index is 1.47. The molecule has 2 fully saturated rings. The van der Waals surface area contributed by atoms with E-state index in [1.54, 1.807) is 7.05 Å². The van der Waals surface area contributed by atoms with Crippen molar-refractivity contribution in [1.82, 2.24) is 24.8 Å². The summed E-state index contributed by atoms with van der Waals surface area (Å²) in [6.45, 7) is 0.795. The minimum absolute atomic E-state index is 0.173. The van der Waals surface area contributed by atoms with Gasteiger partial charge >= 0.3 is 0 Å². The number of carbonyl (C=O) groups excluding carboxylic acids is 1. The molecule has 0 spiro atoms. The molecule has 144 valence electrons. The van der Waals surface area contributed by atoms with Gasteiger partial charge in [-0.05, 0) is 37.3 Å². The van der Waals surface area contributed by atoms with Crippen LogP contribution < -0.4 is 5.32 Å². The molecule has 2 saturated heterocycles. The van der Waals surface area contributed by atoms with Crippen LogP contribution in [0.1, 0.15) is 30.4 Å². The Morgan fingerprint density at radius 1 is 1.25 bits per heavy atom. The summed E-state index contributed by atoms with van der Waals surface area (Å²) in [4.78, 5) is 20.2. The van der Waals surface area contributed by atoms with Crippen LogP contribution >= 0.6 is 0 Å². The van der Waals surface area contributed by atoms with E-state index in [0.29, 0.717) is 6.04 Å². The fraction of sp³-hybridized carbons (Fsp3) is 0.409. The highest BCUT2D eigenvalue weighted by Crippen LogP contribution is 2.52. The molecule has 2 aromatic heterocycles. The summed E-state index contributed by atoms with van der Waals surface area (Å²) in [7, 11) is 1.76. The van der Waals surface area contributed by atoms with Crippen molar-refractivity contribution in [3.63, 3.8) is 0 Å². The number of fused-ring (bicyclic) bond motifs is 3. The number of nitrogens with zero attached hydrogens (tertiary/aromatic N) is 4. The van der Waals surface area contributed by atoms with E-state index in [9.17, 15) is 4.79 Å². The topological polar surface area (TPSA) is 62.5 Å². The fourth-order valence-corrected chi connectivity index (χ4v) is 5.45. The predicted octanol–water partition coefficient (Wildman–Crippen LogP) is 2.44. The van der Waals surface area contributed by atoms with Gasteiger partial charge in [0, 0.05) is 43.6 Å². The molecule has 0 aliphatic carbocycles. The van der Waals surface area contributed by atoms with E-state index in [4.69, 9.17) is 0 Å². The zero-order chi connectivity index (χ0) is 19.1. The van der Waals surface area contributed by atoms with Crippen molar-refractivity contribution in [2.45, 2.75) is 44.3 Å². The fourth-order valence-electron chi connectivity index (χ4n) is 5.45. The third-order valence-electron chi connectivity index (χ3n) is 6.63. The number of nitrogens with one attached hydrogen (secondary N) is 1. The Morgan fingerprint density at radius 3 is 2.93 bits per heavy atom. The Labute approximate surface area is 164 Å². The van der Waals surface area contributed by atoms with E-state index in [-0.39, 0.29) is 17.4 Å². The van der Waals surface area contributed by atoms with Crippen LogP contribution in [-0.4, -0.2) is 44.5 Å². The lowest BCUT2D eigenvalue weighted by molar-refractivity contribution is -0.132. The SMILES string of the molecule is CNC(=O)[C@]1(Cc2ccccc2)C[C@@H]2CC[C@H]1N2Cc1cnn2cccnc12. The maximum atomic E-state index is 13.1. The number of aromatic nitrogens is 3. The maximum absolute atomic E-state index is 13.1. The van der Waals surface area contributed by atoms with Crippen LogP contribution in [0.4, 0.5) is 0 Å². The van der Waals surface area contributed by atoms with Gasteiger partial charge in [-0.2, -0.15) is 5.10 Å². The molecule has 5 rings (SSSR count). The largest absolute Gasteiger partial charge is 0.359 e. The summed E-state index contributed by atoms with van der Waals surface area (Å²) < 4.78 is 1.82. The molecule has 1 amide bonds. The number of carbonyl (C=O) groups is 1. The van der Waals surface area contributed by atoms with Crippen molar-refractivity contribution in [3.05, 3.63) is 66.1 Å². The van der Waals surface area contributed by atoms with E-state index < -0.39 is 0 Å². The van der Waals surface area contributed by atoms with Crippen LogP contribution in [0.5, 0.6) is 0 Å². The van der Waals surface area contributed by atoms with Crippen LogP contribution in [0.2, 0.25) is 0 Å². The Kier molecular flexibility index (Phi) is 4.16. The van der Waals surface area contributed by atoms with E-state index >= 15 is 0 Å². The quantitative estimate of drug-likeness (QED) is 0.744. The smallest absolute Gasteiger partial charge is 0.227 e. The van der Waals surface area contributed by atoms with Crippen molar-refractivity contribution in [2.75, 3.05) is 7.05 Å². The van der Waals surface area contributed by atoms with Gasteiger partial charge < -0.3 is 5.32 Å². The summed E-state index contributed by atoms with van der Waals surface area (Å²) in [6, 6.07) is 13.0. The monoisotopic (exact) mass is 375 g/mol. The first-order valence-electron chi connectivity index (χ1n) is 10.0. The van der Waals surface area contributed by atoms with Crippen molar-refractivity contribution in [2.24, 2.45) is 5.41 Å². The highest BCUT2D eigenvalue weighted by atomic mass is 16.2. The summed E-state index contributed by atoms with van der Waals surface area (Å²) in [5.74, 6) is 0.173. The first-order valence-corrected chi connectivity index (χ1v) is 10.0. The van der Waals surface area contributed by atoms with Crippen molar-refractivity contribution in [1.29, 1.82) is 0 Å². The molecular formula is C22H25N5O. The Hall–Kier alpha value is -2.73. The first-order chi connectivity index (χ1) is 13.7. The average Bonchev–Trinajstić information content (AvgIpc) is 3.41. The van der Waals surface area contributed by atoms with Gasteiger partial charge in [0.2, 0.25) is 5.91 Å². The van der Waals surface area contributed by atoms with Gasteiger partial charge in [-0.25, -0.2) is 9.50 Å². The first kappa shape index (κ1) is 17.4. The minimum atomic E-state index is -0.366. The number of hydrogen-bond acceptors (Lipinski definition) is 4. The lowest BCUT2D eigenvalue weighted by Crippen LogP contribution is -2.49. The molecule has 0 saturated carbocycles. The molecule has 6 nitrogen and oxygen atoms in total. The second-order valence-corrected chi connectivity index (χ2v) is 8.08. The van der Waals surface area contributed by atoms with Crippen molar-refractivity contribution in [3.8, 4) is 0 Å². The standard InChI is InChI=1S/C22H25N5O/c1-23-21(28)22(12-16-6-3-2-4-7-16)13-18-8-9-19(22)26(18)15-17-14-25-27-11-5-10-24-20(17)27/h2-7,10-11,14,18-19H,8-9,12-13,15H2,1H3,(H,23,28)/t18-,19+,22+/m0/s1. The molecule has 0 radical (unpaired) electrons. The number of rotatable bonds is 5. The molecule has 3 aromatic rings. The predicted molar refractivity (Wildman–Crippen MR) is 107 cm³/mol. The van der Waals surface area contributed by atoms with E-state index in [1.807, 2.05) is 35.2 Å². The van der Waals surface area contributed by atoms with Crippen LogP contribution in [0.3, 0.4) is 0 Å².